The van der Waals surface area contributed by atoms with Gasteiger partial charge in [-0.3, -0.25) is 9.13 Å². The van der Waals surface area contributed by atoms with E-state index in [1.54, 1.807) is 0 Å². The zero-order valence-electron chi connectivity index (χ0n) is 19.5. The molecular weight excluding hydrogens is 442 g/mol. The molecule has 8 heteroatoms. The average Bonchev–Trinajstić information content (AvgIpc) is 2.80. The number of hydrogen-bond acceptors (Lipinski definition) is 4. The van der Waals surface area contributed by atoms with E-state index in [2.05, 4.69) is 71.8 Å². The molecule has 32 heavy (non-hydrogen) atoms. The summed E-state index contributed by atoms with van der Waals surface area (Å²) in [7, 11) is -2.17. The highest BCUT2D eigenvalue weighted by atomic mass is 31.1. The topological polar surface area (TPSA) is 88.0 Å². The van der Waals surface area contributed by atoms with Gasteiger partial charge in [-0.15, -0.1) is 9.13 Å². The van der Waals surface area contributed by atoms with Gasteiger partial charge in [-0.25, -0.2) is 0 Å². The van der Waals surface area contributed by atoms with Gasteiger partial charge in [0.25, 0.3) is 0 Å². The van der Waals surface area contributed by atoms with Gasteiger partial charge in [0.2, 0.25) is 0 Å². The van der Waals surface area contributed by atoms with Crippen molar-refractivity contribution in [3.63, 3.8) is 0 Å². The molecule has 0 amide bonds. The molecule has 0 saturated heterocycles. The van der Waals surface area contributed by atoms with Crippen LogP contribution in [0.3, 0.4) is 0 Å². The first-order chi connectivity index (χ1) is 15.7. The molecule has 178 valence electrons. The van der Waals surface area contributed by atoms with E-state index >= 15 is 0 Å². The summed E-state index contributed by atoms with van der Waals surface area (Å²) in [6.07, 6.45) is 18.9. The molecule has 0 spiro atoms. The first kappa shape index (κ1) is 30.4. The van der Waals surface area contributed by atoms with Crippen molar-refractivity contribution in [1.82, 2.24) is 0 Å². The number of aromatic nitrogens is 2. The standard InChI is InChI=1S/C24H38N2.2HO2P/c1-3-5-7-9-11-17-23-18-12-16-22-26(23)24-19-13-15-21-25(24)20-14-10-8-6-4-2;2*1-3-2/h12-13,15-16,18-19,21-22H,3-11,14,17,20H2,1-2H3;2*(H,1,2)/q+2;;/p-2. The van der Waals surface area contributed by atoms with Crippen LogP contribution in [0.5, 0.6) is 0 Å². The first-order valence-corrected chi connectivity index (χ1v) is 13.0. The Morgan fingerprint density at radius 2 is 1.25 bits per heavy atom. The van der Waals surface area contributed by atoms with Gasteiger partial charge in [-0.2, -0.15) is 0 Å². The van der Waals surface area contributed by atoms with Crippen molar-refractivity contribution in [3.05, 3.63) is 54.5 Å². The molecule has 0 N–H and O–H groups in total. The molecule has 0 aromatic carbocycles. The SMILES string of the molecule is CCCCCCCc1cccc[n+]1-c1cccc[n+]1CCCCCCC.O=P[O-].O=P[O-]. The number of pyridine rings is 2. The fraction of sp³-hybridized carbons (Fsp3) is 0.583. The van der Waals surface area contributed by atoms with Gasteiger partial charge >= 0.3 is 5.82 Å². The average molecular weight is 481 g/mol. The lowest BCUT2D eigenvalue weighted by Crippen LogP contribution is -2.50. The fourth-order valence-corrected chi connectivity index (χ4v) is 3.58. The summed E-state index contributed by atoms with van der Waals surface area (Å²) in [5, 5.41) is 0. The van der Waals surface area contributed by atoms with Crippen molar-refractivity contribution in [2.24, 2.45) is 0 Å². The van der Waals surface area contributed by atoms with E-state index in [4.69, 9.17) is 18.9 Å². The van der Waals surface area contributed by atoms with E-state index in [0.717, 1.165) is 13.0 Å². The van der Waals surface area contributed by atoms with Gasteiger partial charge in [-0.05, 0) is 18.9 Å². The molecule has 2 aromatic heterocycles. The summed E-state index contributed by atoms with van der Waals surface area (Å²) >= 11 is 0. The van der Waals surface area contributed by atoms with Crippen molar-refractivity contribution in [3.8, 4) is 5.82 Å². The molecule has 2 heterocycles. The number of aryl methyl sites for hydroxylation is 2. The van der Waals surface area contributed by atoms with Gasteiger partial charge < -0.3 is 9.79 Å². The van der Waals surface area contributed by atoms with Crippen molar-refractivity contribution >= 4 is 17.4 Å². The normalized spacial score (nSPS) is 10.2. The molecule has 0 aliphatic heterocycles. The molecular formula is C24H38N2O4P2. The number of unbranched alkanes of at least 4 members (excludes halogenated alkanes) is 8. The van der Waals surface area contributed by atoms with Crippen LogP contribution in [0.4, 0.5) is 0 Å². The smallest absolute Gasteiger partial charge is 0.449 e. The zero-order chi connectivity index (χ0) is 23.9. The Kier molecular flexibility index (Phi) is 21.5. The van der Waals surface area contributed by atoms with E-state index in [0.29, 0.717) is 0 Å². The van der Waals surface area contributed by atoms with Crippen molar-refractivity contribution < 1.29 is 28.1 Å². The highest BCUT2D eigenvalue weighted by molar-refractivity contribution is 7.14. The molecule has 0 fully saturated rings. The lowest BCUT2D eigenvalue weighted by Gasteiger charge is -2.04. The second-order valence-electron chi connectivity index (χ2n) is 7.54. The minimum atomic E-state index is -1.08. The minimum Gasteiger partial charge on any atom is -0.772 e. The maximum atomic E-state index is 8.35. The number of rotatable bonds is 13. The van der Waals surface area contributed by atoms with E-state index < -0.39 is 17.4 Å². The number of hydrogen-bond donors (Lipinski definition) is 0. The Hall–Kier alpha value is -1.58. The van der Waals surface area contributed by atoms with Crippen molar-refractivity contribution in [1.29, 1.82) is 0 Å². The minimum absolute atomic E-state index is 1.08. The van der Waals surface area contributed by atoms with E-state index in [9.17, 15) is 0 Å². The molecule has 6 nitrogen and oxygen atoms in total. The first-order valence-electron chi connectivity index (χ1n) is 11.6. The van der Waals surface area contributed by atoms with Crippen LogP contribution in [-0.4, -0.2) is 0 Å². The Balaban J connectivity index is 0.00000144. The van der Waals surface area contributed by atoms with Crippen LogP contribution in [0, 0.1) is 0 Å². The van der Waals surface area contributed by atoms with Crippen LogP contribution < -0.4 is 18.9 Å². The third-order valence-corrected chi connectivity index (χ3v) is 5.15. The summed E-state index contributed by atoms with van der Waals surface area (Å²) in [5.74, 6) is 1.30. The van der Waals surface area contributed by atoms with Gasteiger partial charge in [0.1, 0.15) is 0 Å². The Bertz CT molecular complexity index is 671. The van der Waals surface area contributed by atoms with Crippen LogP contribution in [0.15, 0.2) is 48.8 Å². The fourth-order valence-electron chi connectivity index (χ4n) is 3.58. The summed E-state index contributed by atoms with van der Waals surface area (Å²) in [6, 6.07) is 13.2. The molecule has 0 radical (unpaired) electrons. The maximum Gasteiger partial charge on any atom is 0.449 e. The van der Waals surface area contributed by atoms with Gasteiger partial charge in [0, 0.05) is 31.0 Å². The molecule has 0 aliphatic rings. The summed E-state index contributed by atoms with van der Waals surface area (Å²) < 4.78 is 21.5. The third-order valence-electron chi connectivity index (χ3n) is 5.15. The lowest BCUT2D eigenvalue weighted by atomic mass is 10.1. The van der Waals surface area contributed by atoms with Crippen LogP contribution in [0.25, 0.3) is 5.82 Å². The molecule has 0 aliphatic carbocycles. The highest BCUT2D eigenvalue weighted by Gasteiger charge is 2.22. The molecule has 0 bridgehead atoms. The monoisotopic (exact) mass is 480 g/mol. The summed E-state index contributed by atoms with van der Waals surface area (Å²) in [5.41, 5.74) is 1.43. The lowest BCUT2D eigenvalue weighted by molar-refractivity contribution is -0.795. The predicted octanol–water partition coefficient (Wildman–Crippen LogP) is 4.84. The van der Waals surface area contributed by atoms with E-state index in [1.165, 1.54) is 75.7 Å². The Morgan fingerprint density at radius 1 is 0.719 bits per heavy atom. The Labute approximate surface area is 196 Å². The quantitative estimate of drug-likeness (QED) is 0.233. The molecule has 0 unspecified atom stereocenters. The van der Waals surface area contributed by atoms with Crippen LogP contribution in [0.1, 0.15) is 83.7 Å². The summed E-state index contributed by atoms with van der Waals surface area (Å²) in [4.78, 5) is 16.7. The molecule has 2 rings (SSSR count). The largest absolute Gasteiger partial charge is 0.772 e. The number of nitrogens with zero attached hydrogens (tertiary/aromatic N) is 2. The van der Waals surface area contributed by atoms with Crippen molar-refractivity contribution in [2.75, 3.05) is 0 Å². The summed E-state index contributed by atoms with van der Waals surface area (Å²) in [6.45, 7) is 5.67. The van der Waals surface area contributed by atoms with Crippen LogP contribution >= 0.6 is 17.4 Å². The van der Waals surface area contributed by atoms with E-state index in [-0.39, 0.29) is 0 Å². The maximum absolute atomic E-state index is 8.35. The van der Waals surface area contributed by atoms with Crippen LogP contribution in [0.2, 0.25) is 0 Å². The molecule has 2 aromatic rings. The second kappa shape index (κ2) is 22.6. The van der Waals surface area contributed by atoms with Crippen molar-refractivity contribution in [2.45, 2.75) is 91.0 Å². The predicted molar refractivity (Wildman–Crippen MR) is 125 cm³/mol. The zero-order valence-corrected chi connectivity index (χ0v) is 21.3. The molecule has 0 atom stereocenters. The van der Waals surface area contributed by atoms with Crippen LogP contribution in [-0.2, 0) is 22.1 Å². The highest BCUT2D eigenvalue weighted by Crippen LogP contribution is 2.08. The van der Waals surface area contributed by atoms with E-state index in [1.807, 2.05) is 0 Å². The second-order valence-corrected chi connectivity index (χ2v) is 7.84. The molecule has 0 saturated carbocycles. The van der Waals surface area contributed by atoms with Gasteiger partial charge in [-0.1, -0.05) is 64.9 Å². The third kappa shape index (κ3) is 14.5. The van der Waals surface area contributed by atoms with Gasteiger partial charge in [0.15, 0.2) is 24.6 Å². The van der Waals surface area contributed by atoms with Gasteiger partial charge in [0.05, 0.1) is 23.4 Å². The Morgan fingerprint density at radius 3 is 1.88 bits per heavy atom.